The number of carbonyl (C=O) groups excluding carboxylic acids is 3. The molecule has 0 atom stereocenters. The van der Waals surface area contributed by atoms with Crippen molar-refractivity contribution < 1.29 is 19.1 Å². The Hall–Kier alpha value is -4.47. The Kier molecular flexibility index (Phi) is 6.16. The Morgan fingerprint density at radius 2 is 1.91 bits per heavy atom. The Morgan fingerprint density at radius 3 is 2.67 bits per heavy atom. The number of benzene rings is 2. The zero-order valence-electron chi connectivity index (χ0n) is 18.1. The standard InChI is InChI=1S/C23H22N6O4/c1-3-33-23(32)19-11-12-28(26-19)18-6-4-5-16(13-18)25-22(31)21-24-14-20(30)29(27-21)17-9-7-15(2)8-10-17/h4-13H,3,14H2,1-2H3,(H,24,27)(H,25,31). The number of anilines is 2. The normalized spacial score (nSPS) is 13.2. The van der Waals surface area contributed by atoms with Crippen LogP contribution in [-0.2, 0) is 14.3 Å². The third kappa shape index (κ3) is 4.90. The lowest BCUT2D eigenvalue weighted by Crippen LogP contribution is -2.54. The summed E-state index contributed by atoms with van der Waals surface area (Å²) >= 11 is 0. The van der Waals surface area contributed by atoms with E-state index in [2.05, 4.69) is 20.8 Å². The van der Waals surface area contributed by atoms with Gasteiger partial charge in [0.15, 0.2) is 5.69 Å². The number of carbonyl (C=O) groups is 3. The number of esters is 1. The summed E-state index contributed by atoms with van der Waals surface area (Å²) in [6, 6.07) is 15.8. The molecule has 2 heterocycles. The van der Waals surface area contributed by atoms with E-state index in [9.17, 15) is 14.4 Å². The first kappa shape index (κ1) is 21.8. The highest BCUT2D eigenvalue weighted by Gasteiger charge is 2.25. The van der Waals surface area contributed by atoms with E-state index in [1.165, 1.54) is 9.69 Å². The van der Waals surface area contributed by atoms with Crippen LogP contribution in [0, 0.1) is 6.92 Å². The highest BCUT2D eigenvalue weighted by Crippen LogP contribution is 2.17. The molecule has 0 fully saturated rings. The van der Waals surface area contributed by atoms with Crippen LogP contribution in [0.2, 0.25) is 0 Å². The predicted octanol–water partition coefficient (Wildman–Crippen LogP) is 2.25. The first-order valence-electron chi connectivity index (χ1n) is 10.3. The quantitative estimate of drug-likeness (QED) is 0.561. The molecule has 0 aliphatic carbocycles. The SMILES string of the molecule is CCOC(=O)c1ccn(-c2cccc(NC(=O)C3=NCC(=O)N(c4ccc(C)cc4)N3)c2)n1. The maximum absolute atomic E-state index is 12.8. The van der Waals surface area contributed by atoms with Crippen molar-refractivity contribution in [2.45, 2.75) is 13.8 Å². The van der Waals surface area contributed by atoms with Crippen molar-refractivity contribution in [2.24, 2.45) is 4.99 Å². The van der Waals surface area contributed by atoms with Crippen molar-refractivity contribution in [1.29, 1.82) is 0 Å². The fourth-order valence-corrected chi connectivity index (χ4v) is 3.14. The number of aromatic nitrogens is 2. The average molecular weight is 446 g/mol. The smallest absolute Gasteiger partial charge is 0.358 e. The van der Waals surface area contributed by atoms with Gasteiger partial charge in [0.2, 0.25) is 5.84 Å². The minimum absolute atomic E-state index is 0.0178. The summed E-state index contributed by atoms with van der Waals surface area (Å²) in [5.74, 6) is -1.25. The summed E-state index contributed by atoms with van der Waals surface area (Å²) in [7, 11) is 0. The fraction of sp³-hybridized carbons (Fsp3) is 0.174. The van der Waals surface area contributed by atoms with Crippen LogP contribution in [0.4, 0.5) is 11.4 Å². The molecule has 33 heavy (non-hydrogen) atoms. The Bertz CT molecular complexity index is 1230. The second-order valence-electron chi connectivity index (χ2n) is 7.21. The minimum Gasteiger partial charge on any atom is -0.461 e. The highest BCUT2D eigenvalue weighted by atomic mass is 16.5. The topological polar surface area (TPSA) is 118 Å². The molecule has 0 radical (unpaired) electrons. The van der Waals surface area contributed by atoms with Crippen LogP contribution >= 0.6 is 0 Å². The highest BCUT2D eigenvalue weighted by molar-refractivity contribution is 6.43. The molecule has 2 amide bonds. The van der Waals surface area contributed by atoms with E-state index in [1.807, 2.05) is 19.1 Å². The molecule has 2 N–H and O–H groups in total. The van der Waals surface area contributed by atoms with E-state index in [0.29, 0.717) is 17.1 Å². The van der Waals surface area contributed by atoms with Crippen LogP contribution in [0.25, 0.3) is 5.69 Å². The van der Waals surface area contributed by atoms with E-state index >= 15 is 0 Å². The van der Waals surface area contributed by atoms with Gasteiger partial charge in [0.25, 0.3) is 11.8 Å². The Labute approximate surface area is 189 Å². The fourth-order valence-electron chi connectivity index (χ4n) is 3.14. The molecule has 3 aromatic rings. The third-order valence-corrected chi connectivity index (χ3v) is 4.79. The van der Waals surface area contributed by atoms with Gasteiger partial charge in [-0.2, -0.15) is 5.10 Å². The van der Waals surface area contributed by atoms with Crippen molar-refractivity contribution in [3.63, 3.8) is 0 Å². The van der Waals surface area contributed by atoms with Crippen molar-refractivity contribution in [3.8, 4) is 5.69 Å². The number of hydrazine groups is 1. The van der Waals surface area contributed by atoms with Gasteiger partial charge in [0, 0.05) is 11.9 Å². The van der Waals surface area contributed by atoms with Crippen LogP contribution < -0.4 is 15.8 Å². The lowest BCUT2D eigenvalue weighted by Gasteiger charge is -2.27. The van der Waals surface area contributed by atoms with E-state index in [1.54, 1.807) is 55.6 Å². The summed E-state index contributed by atoms with van der Waals surface area (Å²) in [5, 5.41) is 8.29. The van der Waals surface area contributed by atoms with Gasteiger partial charge >= 0.3 is 5.97 Å². The van der Waals surface area contributed by atoms with Crippen LogP contribution in [0.5, 0.6) is 0 Å². The van der Waals surface area contributed by atoms with Gasteiger partial charge in [0.1, 0.15) is 6.54 Å². The summed E-state index contributed by atoms with van der Waals surface area (Å²) in [5.41, 5.74) is 5.78. The van der Waals surface area contributed by atoms with E-state index < -0.39 is 11.9 Å². The maximum atomic E-state index is 12.8. The molecular weight excluding hydrogens is 424 g/mol. The molecule has 0 saturated carbocycles. The van der Waals surface area contributed by atoms with Gasteiger partial charge < -0.3 is 10.1 Å². The van der Waals surface area contributed by atoms with Crippen LogP contribution in [0.1, 0.15) is 23.0 Å². The van der Waals surface area contributed by atoms with Crippen molar-refractivity contribution in [1.82, 2.24) is 15.2 Å². The summed E-state index contributed by atoms with van der Waals surface area (Å²) < 4.78 is 6.46. The summed E-state index contributed by atoms with van der Waals surface area (Å²) in [4.78, 5) is 41.0. The predicted molar refractivity (Wildman–Crippen MR) is 122 cm³/mol. The first-order chi connectivity index (χ1) is 15.9. The molecule has 0 spiro atoms. The molecule has 4 rings (SSSR count). The molecule has 1 aromatic heterocycles. The molecule has 0 bridgehead atoms. The molecule has 168 valence electrons. The second kappa shape index (κ2) is 9.35. The molecule has 0 unspecified atom stereocenters. The summed E-state index contributed by atoms with van der Waals surface area (Å²) in [6.45, 7) is 3.79. The Morgan fingerprint density at radius 1 is 1.12 bits per heavy atom. The Balaban J connectivity index is 1.47. The van der Waals surface area contributed by atoms with E-state index in [0.717, 1.165) is 5.56 Å². The van der Waals surface area contributed by atoms with Gasteiger partial charge in [-0.3, -0.25) is 20.0 Å². The minimum atomic E-state index is -0.505. The number of aryl methyl sites for hydroxylation is 1. The number of hydrogen-bond acceptors (Lipinski definition) is 7. The molecule has 2 aromatic carbocycles. The van der Waals surface area contributed by atoms with Crippen LogP contribution in [0.3, 0.4) is 0 Å². The van der Waals surface area contributed by atoms with Crippen molar-refractivity contribution in [2.75, 3.05) is 23.5 Å². The van der Waals surface area contributed by atoms with Gasteiger partial charge in [-0.1, -0.05) is 23.8 Å². The zero-order chi connectivity index (χ0) is 23.4. The number of hydrogen-bond donors (Lipinski definition) is 2. The maximum Gasteiger partial charge on any atom is 0.358 e. The number of ether oxygens (including phenoxy) is 1. The van der Waals surface area contributed by atoms with E-state index in [4.69, 9.17) is 4.74 Å². The monoisotopic (exact) mass is 446 g/mol. The lowest BCUT2D eigenvalue weighted by atomic mass is 10.2. The summed E-state index contributed by atoms with van der Waals surface area (Å²) in [6.07, 6.45) is 1.63. The number of nitrogens with zero attached hydrogens (tertiary/aromatic N) is 4. The number of aliphatic imine (C=N–C) groups is 1. The number of amidine groups is 1. The molecule has 0 saturated heterocycles. The third-order valence-electron chi connectivity index (χ3n) is 4.79. The largest absolute Gasteiger partial charge is 0.461 e. The molecule has 1 aliphatic heterocycles. The number of amides is 2. The van der Waals surface area contributed by atoms with Crippen molar-refractivity contribution in [3.05, 3.63) is 72.1 Å². The van der Waals surface area contributed by atoms with Gasteiger partial charge in [-0.15, -0.1) is 0 Å². The molecule has 10 heteroatoms. The second-order valence-corrected chi connectivity index (χ2v) is 7.21. The van der Waals surface area contributed by atoms with Gasteiger partial charge in [0.05, 0.1) is 18.0 Å². The number of rotatable bonds is 6. The molecule has 1 aliphatic rings. The zero-order valence-corrected chi connectivity index (χ0v) is 18.1. The average Bonchev–Trinajstić information content (AvgIpc) is 3.31. The van der Waals surface area contributed by atoms with Crippen molar-refractivity contribution >= 4 is 35.0 Å². The van der Waals surface area contributed by atoms with Crippen LogP contribution in [-0.4, -0.2) is 46.6 Å². The van der Waals surface area contributed by atoms with E-state index in [-0.39, 0.29) is 30.6 Å². The van der Waals surface area contributed by atoms with Gasteiger partial charge in [-0.05, 0) is 50.2 Å². The molecular formula is C23H22N6O4. The lowest BCUT2D eigenvalue weighted by molar-refractivity contribution is -0.118. The number of nitrogens with one attached hydrogen (secondary N) is 2. The van der Waals surface area contributed by atoms with Gasteiger partial charge in [-0.25, -0.2) is 14.5 Å². The van der Waals surface area contributed by atoms with Crippen LogP contribution in [0.15, 0.2) is 65.8 Å². The molecule has 10 nitrogen and oxygen atoms in total. The first-order valence-corrected chi connectivity index (χ1v) is 10.3.